The molecular weight excluding hydrogens is 422 g/mol. The van der Waals surface area contributed by atoms with Gasteiger partial charge in [-0.05, 0) is 26.0 Å². The zero-order valence-electron chi connectivity index (χ0n) is 16.8. The van der Waals surface area contributed by atoms with Gasteiger partial charge in [-0.25, -0.2) is 13.4 Å². The SMILES string of the molecule is CCOC(=O)CSc1nnc(-c2ccc(S(C)(=O)=O)cc2)c(-c2ccc(C)cc2)n1. The maximum absolute atomic E-state index is 11.7. The van der Waals surface area contributed by atoms with Crippen LogP contribution in [-0.4, -0.2) is 48.2 Å². The minimum Gasteiger partial charge on any atom is -0.465 e. The molecule has 0 saturated carbocycles. The van der Waals surface area contributed by atoms with E-state index in [1.54, 1.807) is 19.1 Å². The molecule has 0 aliphatic carbocycles. The van der Waals surface area contributed by atoms with Gasteiger partial charge in [0.15, 0.2) is 9.84 Å². The Kier molecular flexibility index (Phi) is 6.84. The largest absolute Gasteiger partial charge is 0.465 e. The number of esters is 1. The van der Waals surface area contributed by atoms with Gasteiger partial charge in [-0.2, -0.15) is 0 Å². The molecule has 156 valence electrons. The van der Waals surface area contributed by atoms with Gasteiger partial charge in [-0.1, -0.05) is 53.7 Å². The van der Waals surface area contributed by atoms with Gasteiger partial charge in [0.1, 0.15) is 11.4 Å². The first-order valence-electron chi connectivity index (χ1n) is 9.18. The third-order valence-electron chi connectivity index (χ3n) is 4.17. The molecule has 0 N–H and O–H groups in total. The molecule has 30 heavy (non-hydrogen) atoms. The number of ether oxygens (including phenoxy) is 1. The lowest BCUT2D eigenvalue weighted by Gasteiger charge is -2.10. The molecule has 0 aliphatic heterocycles. The Labute approximate surface area is 179 Å². The van der Waals surface area contributed by atoms with E-state index in [9.17, 15) is 13.2 Å². The van der Waals surface area contributed by atoms with E-state index in [2.05, 4.69) is 15.2 Å². The molecule has 3 rings (SSSR count). The van der Waals surface area contributed by atoms with Crippen LogP contribution >= 0.6 is 11.8 Å². The Hall–Kier alpha value is -2.78. The molecule has 0 saturated heterocycles. The minimum atomic E-state index is -3.29. The maximum atomic E-state index is 11.7. The predicted molar refractivity (Wildman–Crippen MR) is 116 cm³/mol. The Morgan fingerprint density at radius 2 is 1.57 bits per heavy atom. The molecule has 2 aromatic carbocycles. The van der Waals surface area contributed by atoms with Crippen LogP contribution in [-0.2, 0) is 19.4 Å². The van der Waals surface area contributed by atoms with Crippen molar-refractivity contribution >= 4 is 27.6 Å². The first-order valence-corrected chi connectivity index (χ1v) is 12.1. The van der Waals surface area contributed by atoms with Crippen LogP contribution in [0.2, 0.25) is 0 Å². The summed E-state index contributed by atoms with van der Waals surface area (Å²) in [4.78, 5) is 16.5. The molecule has 7 nitrogen and oxygen atoms in total. The quantitative estimate of drug-likeness (QED) is 0.404. The van der Waals surface area contributed by atoms with Gasteiger partial charge in [-0.15, -0.1) is 10.2 Å². The van der Waals surface area contributed by atoms with Gasteiger partial charge in [0, 0.05) is 17.4 Å². The number of carbonyl (C=O) groups excluding carboxylic acids is 1. The van der Waals surface area contributed by atoms with Gasteiger partial charge in [0.05, 0.1) is 17.3 Å². The molecule has 0 fully saturated rings. The molecule has 1 aromatic heterocycles. The van der Waals surface area contributed by atoms with Crippen LogP contribution in [0, 0.1) is 6.92 Å². The molecule has 0 bridgehead atoms. The van der Waals surface area contributed by atoms with E-state index in [1.807, 2.05) is 31.2 Å². The number of hydrogen-bond donors (Lipinski definition) is 0. The number of aromatic nitrogens is 3. The van der Waals surface area contributed by atoms with E-state index >= 15 is 0 Å². The van der Waals surface area contributed by atoms with Crippen LogP contribution in [0.5, 0.6) is 0 Å². The topological polar surface area (TPSA) is 99.1 Å². The fourth-order valence-electron chi connectivity index (χ4n) is 2.67. The van der Waals surface area contributed by atoms with Crippen LogP contribution < -0.4 is 0 Å². The van der Waals surface area contributed by atoms with Crippen LogP contribution in [0.1, 0.15) is 12.5 Å². The molecule has 0 amide bonds. The van der Waals surface area contributed by atoms with Crippen molar-refractivity contribution < 1.29 is 17.9 Å². The van der Waals surface area contributed by atoms with Crippen molar-refractivity contribution in [1.29, 1.82) is 0 Å². The molecular formula is C21H21N3O4S2. The molecule has 9 heteroatoms. The summed E-state index contributed by atoms with van der Waals surface area (Å²) < 4.78 is 28.4. The number of nitrogens with zero attached hydrogens (tertiary/aromatic N) is 3. The summed E-state index contributed by atoms with van der Waals surface area (Å²) in [5.74, 6) is -0.255. The van der Waals surface area contributed by atoms with Crippen molar-refractivity contribution in [1.82, 2.24) is 15.2 Å². The second-order valence-corrected chi connectivity index (χ2v) is 9.51. The second kappa shape index (κ2) is 9.36. The summed E-state index contributed by atoms with van der Waals surface area (Å²) in [6.07, 6.45) is 1.16. The molecule has 0 unspecified atom stereocenters. The van der Waals surface area contributed by atoms with Crippen LogP contribution in [0.25, 0.3) is 22.5 Å². The smallest absolute Gasteiger partial charge is 0.316 e. The summed E-state index contributed by atoms with van der Waals surface area (Å²) >= 11 is 1.15. The Morgan fingerprint density at radius 3 is 2.17 bits per heavy atom. The highest BCUT2D eigenvalue weighted by molar-refractivity contribution is 7.99. The molecule has 0 radical (unpaired) electrons. The number of rotatable bonds is 7. The zero-order chi connectivity index (χ0) is 21.7. The number of benzene rings is 2. The number of hydrogen-bond acceptors (Lipinski definition) is 8. The lowest BCUT2D eigenvalue weighted by Crippen LogP contribution is -2.08. The summed E-state index contributed by atoms with van der Waals surface area (Å²) in [6, 6.07) is 14.3. The van der Waals surface area contributed by atoms with Crippen LogP contribution in [0.3, 0.4) is 0 Å². The average molecular weight is 444 g/mol. The number of thioether (sulfide) groups is 1. The van der Waals surface area contributed by atoms with Crippen molar-refractivity contribution in [3.8, 4) is 22.5 Å². The minimum absolute atomic E-state index is 0.0886. The van der Waals surface area contributed by atoms with Gasteiger partial charge in [0.2, 0.25) is 5.16 Å². The highest BCUT2D eigenvalue weighted by Crippen LogP contribution is 2.30. The summed E-state index contributed by atoms with van der Waals surface area (Å²) in [5, 5.41) is 8.82. The van der Waals surface area contributed by atoms with Gasteiger partial charge in [0.25, 0.3) is 0 Å². The van der Waals surface area contributed by atoms with E-state index in [0.29, 0.717) is 28.7 Å². The molecule has 0 aliphatic rings. The van der Waals surface area contributed by atoms with Gasteiger partial charge >= 0.3 is 5.97 Å². The van der Waals surface area contributed by atoms with E-state index in [4.69, 9.17) is 4.74 Å². The molecule has 3 aromatic rings. The Bertz CT molecular complexity index is 1150. The van der Waals surface area contributed by atoms with Crippen molar-refractivity contribution in [2.45, 2.75) is 23.9 Å². The van der Waals surface area contributed by atoms with E-state index in [-0.39, 0.29) is 16.6 Å². The predicted octanol–water partition coefficient (Wildman–Crippen LogP) is 3.57. The summed E-state index contributed by atoms with van der Waals surface area (Å²) in [7, 11) is -3.29. The normalized spacial score (nSPS) is 11.3. The summed E-state index contributed by atoms with van der Waals surface area (Å²) in [5.41, 5.74) is 3.77. The van der Waals surface area contributed by atoms with Gasteiger partial charge < -0.3 is 4.74 Å². The fourth-order valence-corrected chi connectivity index (χ4v) is 3.88. The van der Waals surface area contributed by atoms with E-state index in [0.717, 1.165) is 29.1 Å². The first-order chi connectivity index (χ1) is 14.3. The molecule has 0 spiro atoms. The molecule has 0 atom stereocenters. The number of carbonyl (C=O) groups is 1. The lowest BCUT2D eigenvalue weighted by molar-refractivity contribution is -0.139. The van der Waals surface area contributed by atoms with Crippen molar-refractivity contribution in [2.75, 3.05) is 18.6 Å². The summed E-state index contributed by atoms with van der Waals surface area (Å²) in [6.45, 7) is 4.06. The fraction of sp³-hybridized carbons (Fsp3) is 0.238. The van der Waals surface area contributed by atoms with Crippen LogP contribution in [0.4, 0.5) is 0 Å². The highest BCUT2D eigenvalue weighted by atomic mass is 32.2. The highest BCUT2D eigenvalue weighted by Gasteiger charge is 2.16. The second-order valence-electron chi connectivity index (χ2n) is 6.55. The maximum Gasteiger partial charge on any atom is 0.316 e. The third-order valence-corrected chi connectivity index (χ3v) is 6.11. The lowest BCUT2D eigenvalue weighted by atomic mass is 10.0. The van der Waals surface area contributed by atoms with E-state index in [1.165, 1.54) is 12.1 Å². The monoisotopic (exact) mass is 443 g/mol. The number of aryl methyl sites for hydroxylation is 1. The van der Waals surface area contributed by atoms with Crippen LogP contribution in [0.15, 0.2) is 58.6 Å². The Morgan fingerprint density at radius 1 is 0.967 bits per heavy atom. The zero-order valence-corrected chi connectivity index (χ0v) is 18.5. The first kappa shape index (κ1) is 21.9. The van der Waals surface area contributed by atoms with Crippen molar-refractivity contribution in [2.24, 2.45) is 0 Å². The molecule has 1 heterocycles. The van der Waals surface area contributed by atoms with Crippen molar-refractivity contribution in [3.63, 3.8) is 0 Å². The number of sulfone groups is 1. The van der Waals surface area contributed by atoms with Gasteiger partial charge in [-0.3, -0.25) is 4.79 Å². The Balaban J connectivity index is 2.01. The third kappa shape index (κ3) is 5.43. The van der Waals surface area contributed by atoms with E-state index < -0.39 is 9.84 Å². The van der Waals surface area contributed by atoms with Crippen molar-refractivity contribution in [3.05, 3.63) is 54.1 Å². The average Bonchev–Trinajstić information content (AvgIpc) is 2.72. The standard InChI is InChI=1S/C21H21N3O4S2/c1-4-28-18(25)13-29-21-22-19(15-7-5-14(2)6-8-15)20(23-24-21)16-9-11-17(12-10-16)30(3,26)27/h5-12H,4,13H2,1-3H3.